The number of carbonyl (C=O) groups excluding carboxylic acids is 1. The maximum atomic E-state index is 12.8. The lowest BCUT2D eigenvalue weighted by atomic mass is 9.95. The van der Waals surface area contributed by atoms with Gasteiger partial charge in [0, 0.05) is 11.3 Å². The lowest BCUT2D eigenvalue weighted by molar-refractivity contribution is 0.0509. The molecule has 5 aromatic rings. The standard InChI is InChI=1S/C29H25NO2S/c30-28-27(24-7-3-4-8-26(24)33-28)29(31)32-16-15-18-9-10-20-12-13-22-21-6-2-1-5-19(21)11-14-23(22)25(20)17-18/h1-2,5-6,9-14,17H,3-4,7-8,15-16,30H2. The molecular weight excluding hydrogens is 426 g/mol. The minimum absolute atomic E-state index is 0.274. The Morgan fingerprint density at radius 1 is 0.848 bits per heavy atom. The molecule has 0 saturated heterocycles. The third kappa shape index (κ3) is 3.55. The van der Waals surface area contributed by atoms with E-state index in [0.29, 0.717) is 23.6 Å². The number of nitrogens with two attached hydrogens (primary N) is 1. The molecule has 0 aliphatic heterocycles. The fraction of sp³-hybridized carbons (Fsp3) is 0.207. The molecule has 0 bridgehead atoms. The summed E-state index contributed by atoms with van der Waals surface area (Å²) >= 11 is 1.56. The van der Waals surface area contributed by atoms with Crippen molar-refractivity contribution in [1.82, 2.24) is 0 Å². The quantitative estimate of drug-likeness (QED) is 0.235. The monoisotopic (exact) mass is 451 g/mol. The molecule has 0 spiro atoms. The Morgan fingerprint density at radius 3 is 2.45 bits per heavy atom. The number of esters is 1. The van der Waals surface area contributed by atoms with Crippen molar-refractivity contribution in [2.75, 3.05) is 12.3 Å². The van der Waals surface area contributed by atoms with Crippen molar-refractivity contribution in [3.05, 3.63) is 88.3 Å². The van der Waals surface area contributed by atoms with Crippen molar-refractivity contribution in [2.24, 2.45) is 0 Å². The molecule has 4 aromatic carbocycles. The fourth-order valence-corrected chi connectivity index (χ4v) is 6.31. The highest BCUT2D eigenvalue weighted by atomic mass is 32.1. The molecule has 0 radical (unpaired) electrons. The molecular formula is C29H25NO2S. The molecule has 3 nitrogen and oxygen atoms in total. The van der Waals surface area contributed by atoms with Crippen LogP contribution in [0.2, 0.25) is 0 Å². The minimum atomic E-state index is -0.274. The number of rotatable bonds is 4. The molecule has 6 rings (SSSR count). The first kappa shape index (κ1) is 20.3. The zero-order valence-corrected chi connectivity index (χ0v) is 19.2. The predicted molar refractivity (Wildman–Crippen MR) is 138 cm³/mol. The summed E-state index contributed by atoms with van der Waals surface area (Å²) in [6, 6.07) is 23.8. The van der Waals surface area contributed by atoms with Gasteiger partial charge in [-0.05, 0) is 69.1 Å². The van der Waals surface area contributed by atoms with Gasteiger partial charge in [0.1, 0.15) is 5.00 Å². The summed E-state index contributed by atoms with van der Waals surface area (Å²) in [7, 11) is 0. The van der Waals surface area contributed by atoms with E-state index in [1.54, 1.807) is 11.3 Å². The lowest BCUT2D eigenvalue weighted by Crippen LogP contribution is -2.12. The molecule has 1 aliphatic rings. The molecule has 2 N–H and O–H groups in total. The largest absolute Gasteiger partial charge is 0.462 e. The van der Waals surface area contributed by atoms with E-state index in [4.69, 9.17) is 10.5 Å². The first-order valence-corrected chi connectivity index (χ1v) is 12.4. The van der Waals surface area contributed by atoms with Crippen LogP contribution >= 0.6 is 11.3 Å². The van der Waals surface area contributed by atoms with Crippen LogP contribution in [-0.4, -0.2) is 12.6 Å². The number of hydrogen-bond donors (Lipinski definition) is 1. The van der Waals surface area contributed by atoms with Gasteiger partial charge in [-0.2, -0.15) is 0 Å². The first-order valence-electron chi connectivity index (χ1n) is 11.6. The number of hydrogen-bond acceptors (Lipinski definition) is 4. The van der Waals surface area contributed by atoms with E-state index < -0.39 is 0 Å². The Bertz CT molecular complexity index is 1530. The molecule has 0 unspecified atom stereocenters. The van der Waals surface area contributed by atoms with Gasteiger partial charge in [-0.1, -0.05) is 66.7 Å². The van der Waals surface area contributed by atoms with Crippen LogP contribution in [0.5, 0.6) is 0 Å². The van der Waals surface area contributed by atoms with Crippen molar-refractivity contribution < 1.29 is 9.53 Å². The number of aryl methyl sites for hydroxylation is 1. The van der Waals surface area contributed by atoms with Crippen LogP contribution < -0.4 is 5.73 Å². The summed E-state index contributed by atoms with van der Waals surface area (Å²) in [6.45, 7) is 0.349. The number of anilines is 1. The summed E-state index contributed by atoms with van der Waals surface area (Å²) in [5.74, 6) is -0.274. The number of fused-ring (bicyclic) bond motifs is 6. The molecule has 1 heterocycles. The van der Waals surface area contributed by atoms with Gasteiger partial charge in [-0.15, -0.1) is 11.3 Å². The van der Waals surface area contributed by atoms with Gasteiger partial charge in [0.05, 0.1) is 12.2 Å². The number of benzene rings is 4. The second kappa shape index (κ2) is 8.20. The maximum Gasteiger partial charge on any atom is 0.341 e. The highest BCUT2D eigenvalue weighted by Crippen LogP contribution is 2.37. The van der Waals surface area contributed by atoms with E-state index in [1.807, 2.05) is 0 Å². The van der Waals surface area contributed by atoms with E-state index in [2.05, 4.69) is 66.7 Å². The Morgan fingerprint density at radius 2 is 1.58 bits per heavy atom. The fourth-order valence-electron chi connectivity index (χ4n) is 5.17. The summed E-state index contributed by atoms with van der Waals surface area (Å²) in [5.41, 5.74) is 9.08. The minimum Gasteiger partial charge on any atom is -0.462 e. The van der Waals surface area contributed by atoms with Crippen molar-refractivity contribution in [3.8, 4) is 0 Å². The second-order valence-electron chi connectivity index (χ2n) is 8.84. The molecule has 0 amide bonds. The van der Waals surface area contributed by atoms with Crippen LogP contribution in [0.1, 0.15) is 39.2 Å². The van der Waals surface area contributed by atoms with Gasteiger partial charge in [-0.3, -0.25) is 0 Å². The van der Waals surface area contributed by atoms with E-state index in [1.165, 1.54) is 43.6 Å². The Balaban J connectivity index is 1.25. The van der Waals surface area contributed by atoms with E-state index in [9.17, 15) is 4.79 Å². The normalized spacial score (nSPS) is 13.5. The van der Waals surface area contributed by atoms with Gasteiger partial charge < -0.3 is 10.5 Å². The van der Waals surface area contributed by atoms with Gasteiger partial charge in [0.2, 0.25) is 0 Å². The molecule has 0 atom stereocenters. The molecule has 33 heavy (non-hydrogen) atoms. The van der Waals surface area contributed by atoms with E-state index in [-0.39, 0.29) is 5.97 Å². The highest BCUT2D eigenvalue weighted by Gasteiger charge is 2.25. The Hall–Kier alpha value is -3.37. The van der Waals surface area contributed by atoms with E-state index >= 15 is 0 Å². The summed E-state index contributed by atoms with van der Waals surface area (Å²) in [5, 5.41) is 8.10. The van der Waals surface area contributed by atoms with Gasteiger partial charge in [0.15, 0.2) is 0 Å². The maximum absolute atomic E-state index is 12.8. The molecule has 1 aromatic heterocycles. The molecule has 1 aliphatic carbocycles. The molecule has 0 fully saturated rings. The van der Waals surface area contributed by atoms with Crippen LogP contribution in [0, 0.1) is 0 Å². The number of carbonyl (C=O) groups is 1. The third-order valence-electron chi connectivity index (χ3n) is 6.83. The SMILES string of the molecule is Nc1sc2c(c1C(=O)OCCc1ccc3ccc4c5ccccc5ccc4c3c1)CCCC2. The Kier molecular flexibility index (Phi) is 5.03. The van der Waals surface area contributed by atoms with Gasteiger partial charge in [-0.25, -0.2) is 4.79 Å². The van der Waals surface area contributed by atoms with Crippen LogP contribution in [0.4, 0.5) is 5.00 Å². The summed E-state index contributed by atoms with van der Waals surface area (Å²) in [6.07, 6.45) is 4.92. The second-order valence-corrected chi connectivity index (χ2v) is 9.98. The van der Waals surface area contributed by atoms with Crippen LogP contribution in [0.25, 0.3) is 32.3 Å². The number of thiophene rings is 1. The first-order chi connectivity index (χ1) is 16.2. The highest BCUT2D eigenvalue weighted by molar-refractivity contribution is 7.16. The van der Waals surface area contributed by atoms with Crippen LogP contribution in [0.15, 0.2) is 66.7 Å². The molecule has 0 saturated carbocycles. The summed E-state index contributed by atoms with van der Waals surface area (Å²) in [4.78, 5) is 14.1. The van der Waals surface area contributed by atoms with Gasteiger partial charge in [0.25, 0.3) is 0 Å². The lowest BCUT2D eigenvalue weighted by Gasteiger charge is -2.12. The van der Waals surface area contributed by atoms with Crippen molar-refractivity contribution in [1.29, 1.82) is 0 Å². The van der Waals surface area contributed by atoms with Crippen molar-refractivity contribution in [2.45, 2.75) is 32.1 Å². The zero-order chi connectivity index (χ0) is 22.4. The number of nitrogen functional groups attached to an aromatic ring is 1. The molecule has 4 heteroatoms. The van der Waals surface area contributed by atoms with E-state index in [0.717, 1.165) is 30.4 Å². The van der Waals surface area contributed by atoms with Crippen molar-refractivity contribution >= 4 is 54.6 Å². The molecule has 164 valence electrons. The van der Waals surface area contributed by atoms with Crippen molar-refractivity contribution in [3.63, 3.8) is 0 Å². The smallest absolute Gasteiger partial charge is 0.341 e. The number of ether oxygens (including phenoxy) is 1. The average Bonchev–Trinajstić information content (AvgIpc) is 3.19. The average molecular weight is 452 g/mol. The van der Waals surface area contributed by atoms with Crippen LogP contribution in [-0.2, 0) is 24.0 Å². The van der Waals surface area contributed by atoms with Gasteiger partial charge >= 0.3 is 5.97 Å². The summed E-state index contributed by atoms with van der Waals surface area (Å²) < 4.78 is 5.68. The Labute approximate surface area is 196 Å². The predicted octanol–water partition coefficient (Wildman–Crippen LogP) is 7.07. The zero-order valence-electron chi connectivity index (χ0n) is 18.4. The third-order valence-corrected chi connectivity index (χ3v) is 7.96. The topological polar surface area (TPSA) is 52.3 Å². The van der Waals surface area contributed by atoms with Crippen LogP contribution in [0.3, 0.4) is 0 Å².